The molecule has 0 bridgehead atoms. The van der Waals surface area contributed by atoms with Gasteiger partial charge in [-0.05, 0) is 57.0 Å². The Morgan fingerprint density at radius 1 is 0.962 bits per heavy atom. The molecule has 1 saturated heterocycles. The lowest BCUT2D eigenvalue weighted by Gasteiger charge is -2.17. The number of carbonyl (C=O) groups is 1. The predicted octanol–water partition coefficient (Wildman–Crippen LogP) is 4.83. The Morgan fingerprint density at radius 2 is 1.65 bits per heavy atom. The van der Waals surface area contributed by atoms with Crippen molar-refractivity contribution in [2.24, 2.45) is 0 Å². The highest BCUT2D eigenvalue weighted by atomic mass is 16.2. The van der Waals surface area contributed by atoms with Gasteiger partial charge in [0, 0.05) is 24.2 Å². The van der Waals surface area contributed by atoms with Crippen LogP contribution in [0.25, 0.3) is 10.9 Å². The fourth-order valence-corrected chi connectivity index (χ4v) is 3.43. The van der Waals surface area contributed by atoms with Crippen LogP contribution in [0.5, 0.6) is 0 Å². The highest BCUT2D eigenvalue weighted by molar-refractivity contribution is 6.00. The molecule has 0 aliphatic carbocycles. The Hall–Kier alpha value is -2.88. The topological polar surface area (TPSA) is 45.2 Å². The van der Waals surface area contributed by atoms with Crippen LogP contribution in [0.2, 0.25) is 0 Å². The minimum atomic E-state index is 0.0249. The molecule has 2 heterocycles. The number of nitrogens with one attached hydrogen (secondary N) is 1. The Morgan fingerprint density at radius 3 is 2.38 bits per heavy atom. The van der Waals surface area contributed by atoms with Crippen LogP contribution in [0, 0.1) is 13.8 Å². The molecule has 4 rings (SSSR count). The number of carbonyl (C=O) groups excluding carboxylic acids is 1. The van der Waals surface area contributed by atoms with Crippen molar-refractivity contribution in [1.29, 1.82) is 0 Å². The van der Waals surface area contributed by atoms with Crippen LogP contribution in [0.15, 0.2) is 48.5 Å². The van der Waals surface area contributed by atoms with Crippen LogP contribution < -0.4 is 5.32 Å². The van der Waals surface area contributed by atoms with E-state index in [0.29, 0.717) is 5.69 Å². The van der Waals surface area contributed by atoms with Crippen molar-refractivity contribution in [3.8, 4) is 0 Å². The lowest BCUT2D eigenvalue weighted by atomic mass is 10.1. The van der Waals surface area contributed by atoms with Gasteiger partial charge in [-0.25, -0.2) is 4.98 Å². The van der Waals surface area contributed by atoms with Gasteiger partial charge in [0.05, 0.1) is 11.2 Å². The van der Waals surface area contributed by atoms with Gasteiger partial charge < -0.3 is 10.2 Å². The highest BCUT2D eigenvalue weighted by Gasteiger charge is 2.22. The molecule has 1 fully saturated rings. The summed E-state index contributed by atoms with van der Waals surface area (Å²) in [5.74, 6) is 0.0249. The van der Waals surface area contributed by atoms with Gasteiger partial charge in [-0.3, -0.25) is 4.79 Å². The molecular formula is C22H23N3O. The summed E-state index contributed by atoms with van der Waals surface area (Å²) in [7, 11) is 0. The van der Waals surface area contributed by atoms with Crippen molar-refractivity contribution in [3.63, 3.8) is 0 Å². The van der Waals surface area contributed by atoms with Gasteiger partial charge >= 0.3 is 0 Å². The summed E-state index contributed by atoms with van der Waals surface area (Å²) in [5.41, 5.74) is 5.67. The number of hydrogen-bond acceptors (Lipinski definition) is 3. The maximum absolute atomic E-state index is 12.8. The van der Waals surface area contributed by atoms with Gasteiger partial charge in [0.25, 0.3) is 5.91 Å². The first-order valence-corrected chi connectivity index (χ1v) is 9.14. The van der Waals surface area contributed by atoms with Gasteiger partial charge in [0.1, 0.15) is 5.69 Å². The van der Waals surface area contributed by atoms with Crippen LogP contribution in [0.4, 0.5) is 11.4 Å². The van der Waals surface area contributed by atoms with Crippen LogP contribution in [-0.4, -0.2) is 28.9 Å². The quantitative estimate of drug-likeness (QED) is 0.739. The van der Waals surface area contributed by atoms with Crippen molar-refractivity contribution in [2.45, 2.75) is 26.7 Å². The van der Waals surface area contributed by atoms with Crippen molar-refractivity contribution in [1.82, 2.24) is 9.88 Å². The lowest BCUT2D eigenvalue weighted by Crippen LogP contribution is -2.28. The molecule has 1 aromatic heterocycles. The van der Waals surface area contributed by atoms with Gasteiger partial charge in [-0.1, -0.05) is 29.3 Å². The number of amides is 1. The van der Waals surface area contributed by atoms with Crippen molar-refractivity contribution in [2.75, 3.05) is 18.4 Å². The molecule has 4 nitrogen and oxygen atoms in total. The average Bonchev–Trinajstić information content (AvgIpc) is 3.18. The summed E-state index contributed by atoms with van der Waals surface area (Å²) in [5, 5.41) is 4.51. The molecule has 26 heavy (non-hydrogen) atoms. The zero-order valence-electron chi connectivity index (χ0n) is 15.2. The smallest absolute Gasteiger partial charge is 0.272 e. The third-order valence-electron chi connectivity index (χ3n) is 4.91. The second-order valence-corrected chi connectivity index (χ2v) is 7.07. The van der Waals surface area contributed by atoms with Crippen molar-refractivity contribution >= 4 is 28.2 Å². The number of likely N-dealkylation sites (tertiary alicyclic amines) is 1. The first kappa shape index (κ1) is 16.6. The highest BCUT2D eigenvalue weighted by Crippen LogP contribution is 2.28. The fraction of sp³-hybridized carbons (Fsp3) is 0.273. The zero-order valence-corrected chi connectivity index (χ0v) is 15.2. The molecule has 132 valence electrons. The number of hydrogen-bond donors (Lipinski definition) is 1. The molecule has 4 heteroatoms. The van der Waals surface area contributed by atoms with Crippen LogP contribution >= 0.6 is 0 Å². The third-order valence-corrected chi connectivity index (χ3v) is 4.91. The Balaban J connectivity index is 1.78. The van der Waals surface area contributed by atoms with E-state index in [0.717, 1.165) is 48.2 Å². The van der Waals surface area contributed by atoms with E-state index in [4.69, 9.17) is 0 Å². The molecule has 0 unspecified atom stereocenters. The number of aromatic nitrogens is 1. The molecule has 1 N–H and O–H groups in total. The van der Waals surface area contributed by atoms with Crippen molar-refractivity contribution in [3.05, 3.63) is 65.4 Å². The monoisotopic (exact) mass is 345 g/mol. The summed E-state index contributed by atoms with van der Waals surface area (Å²) >= 11 is 0. The largest absolute Gasteiger partial charge is 0.355 e. The first-order chi connectivity index (χ1) is 12.6. The zero-order chi connectivity index (χ0) is 18.1. The number of nitrogens with zero attached hydrogens (tertiary/aromatic N) is 2. The van der Waals surface area contributed by atoms with E-state index in [2.05, 4.69) is 54.5 Å². The van der Waals surface area contributed by atoms with E-state index in [1.807, 2.05) is 23.1 Å². The molecule has 1 aliphatic heterocycles. The van der Waals surface area contributed by atoms with Crippen LogP contribution in [0.3, 0.4) is 0 Å². The summed E-state index contributed by atoms with van der Waals surface area (Å²) < 4.78 is 0. The predicted molar refractivity (Wildman–Crippen MR) is 106 cm³/mol. The number of rotatable bonds is 3. The standard InChI is InChI=1S/C22H23N3O/c1-15-5-8-17(9-6-15)23-20-14-21(22(26)25-11-3-4-12-25)24-19-10-7-16(2)13-18(19)20/h5-10,13-14H,3-4,11-12H2,1-2H3,(H,23,24). The van der Waals surface area contributed by atoms with E-state index in [1.54, 1.807) is 0 Å². The summed E-state index contributed by atoms with van der Waals surface area (Å²) in [4.78, 5) is 19.4. The molecule has 0 spiro atoms. The van der Waals surface area contributed by atoms with Crippen LogP contribution in [-0.2, 0) is 0 Å². The Kier molecular flexibility index (Phi) is 4.33. The Bertz CT molecular complexity index is 957. The maximum atomic E-state index is 12.8. The number of fused-ring (bicyclic) bond motifs is 1. The Labute approximate surface area is 153 Å². The van der Waals surface area contributed by atoms with E-state index in [9.17, 15) is 4.79 Å². The molecule has 2 aromatic carbocycles. The fourth-order valence-electron chi connectivity index (χ4n) is 3.43. The maximum Gasteiger partial charge on any atom is 0.272 e. The molecule has 1 aliphatic rings. The normalized spacial score (nSPS) is 14.0. The summed E-state index contributed by atoms with van der Waals surface area (Å²) in [6.07, 6.45) is 2.15. The van der Waals surface area contributed by atoms with E-state index < -0.39 is 0 Å². The molecule has 0 atom stereocenters. The first-order valence-electron chi connectivity index (χ1n) is 9.14. The van der Waals surface area contributed by atoms with Crippen LogP contribution in [0.1, 0.15) is 34.5 Å². The molecular weight excluding hydrogens is 322 g/mol. The van der Waals surface area contributed by atoms with Gasteiger partial charge in [-0.15, -0.1) is 0 Å². The molecule has 0 saturated carbocycles. The van der Waals surface area contributed by atoms with E-state index in [-0.39, 0.29) is 5.91 Å². The van der Waals surface area contributed by atoms with Gasteiger partial charge in [-0.2, -0.15) is 0 Å². The number of aryl methyl sites for hydroxylation is 2. The van der Waals surface area contributed by atoms with Gasteiger partial charge in [0.15, 0.2) is 0 Å². The van der Waals surface area contributed by atoms with Crippen molar-refractivity contribution < 1.29 is 4.79 Å². The number of anilines is 2. The second kappa shape index (κ2) is 6.79. The SMILES string of the molecule is Cc1ccc(Nc2cc(C(=O)N3CCCC3)nc3ccc(C)cc23)cc1. The number of pyridine rings is 1. The number of benzene rings is 2. The van der Waals surface area contributed by atoms with E-state index in [1.165, 1.54) is 11.1 Å². The average molecular weight is 345 g/mol. The van der Waals surface area contributed by atoms with Gasteiger partial charge in [0.2, 0.25) is 0 Å². The third kappa shape index (κ3) is 3.27. The summed E-state index contributed by atoms with van der Waals surface area (Å²) in [6, 6.07) is 16.3. The molecule has 3 aromatic rings. The lowest BCUT2D eigenvalue weighted by molar-refractivity contribution is 0.0787. The molecule has 0 radical (unpaired) electrons. The molecule has 1 amide bonds. The minimum absolute atomic E-state index is 0.0249. The minimum Gasteiger partial charge on any atom is -0.355 e. The summed E-state index contributed by atoms with van der Waals surface area (Å²) in [6.45, 7) is 5.79. The van der Waals surface area contributed by atoms with E-state index >= 15 is 0 Å². The second-order valence-electron chi connectivity index (χ2n) is 7.07.